The summed E-state index contributed by atoms with van der Waals surface area (Å²) in [5.74, 6) is -0.309. The Balaban J connectivity index is 2.08. The molecule has 1 amide bonds. The molecule has 2 unspecified atom stereocenters. The Kier molecular flexibility index (Phi) is 6.36. The molecule has 0 aromatic heterocycles. The molecule has 0 aliphatic carbocycles. The summed E-state index contributed by atoms with van der Waals surface area (Å²) in [6.07, 6.45) is 2.22. The minimum Gasteiger partial charge on any atom is -0.481 e. The van der Waals surface area contributed by atoms with Gasteiger partial charge in [-0.2, -0.15) is 0 Å². The third-order valence-electron chi connectivity index (χ3n) is 2.64. The summed E-state index contributed by atoms with van der Waals surface area (Å²) in [5, 5.41) is 11.3. The van der Waals surface area contributed by atoms with Gasteiger partial charge >= 0.3 is 5.97 Å². The van der Waals surface area contributed by atoms with Crippen LogP contribution in [0.1, 0.15) is 19.8 Å². The van der Waals surface area contributed by atoms with Gasteiger partial charge in [0.1, 0.15) is 0 Å². The third-order valence-corrected chi connectivity index (χ3v) is 3.56. The zero-order chi connectivity index (χ0) is 12.7. The Labute approximate surface area is 105 Å². The van der Waals surface area contributed by atoms with Crippen LogP contribution in [0.4, 0.5) is 0 Å². The molecule has 1 fully saturated rings. The van der Waals surface area contributed by atoms with Crippen molar-refractivity contribution in [1.29, 1.82) is 0 Å². The second-order valence-corrected chi connectivity index (χ2v) is 5.25. The molecule has 17 heavy (non-hydrogen) atoms. The van der Waals surface area contributed by atoms with Crippen molar-refractivity contribution in [2.75, 3.05) is 24.7 Å². The number of ether oxygens (including phenoxy) is 1. The van der Waals surface area contributed by atoms with Crippen LogP contribution in [-0.4, -0.2) is 47.7 Å². The van der Waals surface area contributed by atoms with E-state index < -0.39 is 5.97 Å². The number of rotatable bonds is 6. The number of aliphatic carboxylic acids is 1. The van der Waals surface area contributed by atoms with Crippen molar-refractivity contribution in [2.24, 2.45) is 5.92 Å². The van der Waals surface area contributed by atoms with Crippen LogP contribution in [0.2, 0.25) is 0 Å². The SMILES string of the molecule is CC1CC(CNC(=O)CSCC(=O)O)CCO1. The molecular weight excluding hydrogens is 242 g/mol. The van der Waals surface area contributed by atoms with Crippen LogP contribution in [0.25, 0.3) is 0 Å². The summed E-state index contributed by atoms with van der Waals surface area (Å²) in [6.45, 7) is 3.46. The molecule has 0 saturated carbocycles. The maximum Gasteiger partial charge on any atom is 0.313 e. The molecule has 0 radical (unpaired) electrons. The highest BCUT2D eigenvalue weighted by Crippen LogP contribution is 2.18. The average molecular weight is 261 g/mol. The normalized spacial score (nSPS) is 24.3. The van der Waals surface area contributed by atoms with E-state index in [0.717, 1.165) is 31.2 Å². The first kappa shape index (κ1) is 14.3. The Bertz CT molecular complexity index is 272. The number of amides is 1. The standard InChI is InChI=1S/C11H19NO4S/c1-8-4-9(2-3-16-8)5-12-10(13)6-17-7-11(14)15/h8-9H,2-7H2,1H3,(H,12,13)(H,14,15). The van der Waals surface area contributed by atoms with Crippen LogP contribution in [0.3, 0.4) is 0 Å². The lowest BCUT2D eigenvalue weighted by Gasteiger charge is -2.27. The lowest BCUT2D eigenvalue weighted by molar-refractivity contribution is -0.133. The van der Waals surface area contributed by atoms with E-state index in [4.69, 9.17) is 9.84 Å². The number of carbonyl (C=O) groups excluding carboxylic acids is 1. The Morgan fingerprint density at radius 1 is 1.47 bits per heavy atom. The Hall–Kier alpha value is -0.750. The molecular formula is C11H19NO4S. The van der Waals surface area contributed by atoms with Crippen molar-refractivity contribution in [2.45, 2.75) is 25.9 Å². The number of hydrogen-bond donors (Lipinski definition) is 2. The first-order chi connectivity index (χ1) is 8.08. The first-order valence-corrected chi connectivity index (χ1v) is 6.91. The third kappa shape index (κ3) is 6.53. The van der Waals surface area contributed by atoms with E-state index in [1.54, 1.807) is 0 Å². The topological polar surface area (TPSA) is 75.6 Å². The number of carbonyl (C=O) groups is 2. The number of hydrogen-bond acceptors (Lipinski definition) is 4. The van der Waals surface area contributed by atoms with Crippen LogP contribution in [0.5, 0.6) is 0 Å². The predicted molar refractivity (Wildman–Crippen MR) is 66.1 cm³/mol. The lowest BCUT2D eigenvalue weighted by atomic mass is 9.96. The highest BCUT2D eigenvalue weighted by atomic mass is 32.2. The van der Waals surface area contributed by atoms with Gasteiger partial charge in [-0.05, 0) is 25.7 Å². The zero-order valence-electron chi connectivity index (χ0n) is 9.98. The van der Waals surface area contributed by atoms with E-state index in [1.807, 2.05) is 6.92 Å². The fraction of sp³-hybridized carbons (Fsp3) is 0.818. The Morgan fingerprint density at radius 3 is 2.88 bits per heavy atom. The molecule has 0 aromatic rings. The molecule has 1 rings (SSSR count). The smallest absolute Gasteiger partial charge is 0.313 e. The van der Waals surface area contributed by atoms with Gasteiger partial charge in [0.25, 0.3) is 0 Å². The van der Waals surface area contributed by atoms with E-state index >= 15 is 0 Å². The lowest BCUT2D eigenvalue weighted by Crippen LogP contribution is -2.35. The van der Waals surface area contributed by atoms with Gasteiger partial charge in [-0.1, -0.05) is 0 Å². The molecule has 0 aromatic carbocycles. The monoisotopic (exact) mass is 261 g/mol. The summed E-state index contributed by atoms with van der Waals surface area (Å²) in [4.78, 5) is 21.6. The quantitative estimate of drug-likeness (QED) is 0.737. The fourth-order valence-corrected chi connectivity index (χ4v) is 2.38. The molecule has 1 aliphatic heterocycles. The molecule has 98 valence electrons. The molecule has 0 bridgehead atoms. The van der Waals surface area contributed by atoms with E-state index in [9.17, 15) is 9.59 Å². The van der Waals surface area contributed by atoms with Gasteiger partial charge < -0.3 is 15.2 Å². The van der Waals surface area contributed by atoms with Crippen molar-refractivity contribution >= 4 is 23.6 Å². The van der Waals surface area contributed by atoms with Gasteiger partial charge in [0.15, 0.2) is 0 Å². The summed E-state index contributed by atoms with van der Waals surface area (Å²) >= 11 is 1.12. The molecule has 0 spiro atoms. The second-order valence-electron chi connectivity index (χ2n) is 4.26. The summed E-state index contributed by atoms with van der Waals surface area (Å²) in [7, 11) is 0. The predicted octanol–water partition coefficient (Wildman–Crippen LogP) is 0.735. The number of nitrogens with one attached hydrogen (secondary N) is 1. The van der Waals surface area contributed by atoms with Crippen LogP contribution in [0, 0.1) is 5.92 Å². The summed E-state index contributed by atoms with van der Waals surface area (Å²) in [5.41, 5.74) is 0. The van der Waals surface area contributed by atoms with Gasteiger partial charge in [-0.25, -0.2) is 0 Å². The Morgan fingerprint density at radius 2 is 2.24 bits per heavy atom. The van der Waals surface area contributed by atoms with Gasteiger partial charge in [0.05, 0.1) is 17.6 Å². The average Bonchev–Trinajstić information content (AvgIpc) is 2.26. The first-order valence-electron chi connectivity index (χ1n) is 5.75. The van der Waals surface area contributed by atoms with Crippen molar-refractivity contribution in [1.82, 2.24) is 5.32 Å². The second kappa shape index (κ2) is 7.55. The van der Waals surface area contributed by atoms with Crippen molar-refractivity contribution in [3.8, 4) is 0 Å². The number of thioether (sulfide) groups is 1. The molecule has 5 nitrogen and oxygen atoms in total. The molecule has 2 N–H and O–H groups in total. The van der Waals surface area contributed by atoms with Gasteiger partial charge in [-0.15, -0.1) is 11.8 Å². The summed E-state index contributed by atoms with van der Waals surface area (Å²) in [6, 6.07) is 0. The highest BCUT2D eigenvalue weighted by molar-refractivity contribution is 8.00. The van der Waals surface area contributed by atoms with Gasteiger partial charge in [0, 0.05) is 13.2 Å². The summed E-state index contributed by atoms with van der Waals surface area (Å²) < 4.78 is 5.42. The van der Waals surface area contributed by atoms with E-state index in [2.05, 4.69) is 5.32 Å². The fourth-order valence-electron chi connectivity index (χ4n) is 1.82. The molecule has 1 saturated heterocycles. The molecule has 1 aliphatic rings. The van der Waals surface area contributed by atoms with E-state index in [1.165, 1.54) is 0 Å². The van der Waals surface area contributed by atoms with Crippen molar-refractivity contribution in [3.63, 3.8) is 0 Å². The minimum absolute atomic E-state index is 0.0261. The van der Waals surface area contributed by atoms with Crippen LogP contribution >= 0.6 is 11.8 Å². The largest absolute Gasteiger partial charge is 0.481 e. The maximum atomic E-state index is 11.4. The van der Waals surface area contributed by atoms with Crippen molar-refractivity contribution < 1.29 is 19.4 Å². The van der Waals surface area contributed by atoms with Crippen LogP contribution < -0.4 is 5.32 Å². The number of carboxylic acids is 1. The zero-order valence-corrected chi connectivity index (χ0v) is 10.8. The van der Waals surface area contributed by atoms with Crippen LogP contribution in [-0.2, 0) is 14.3 Å². The maximum absolute atomic E-state index is 11.4. The molecule has 1 heterocycles. The van der Waals surface area contributed by atoms with Crippen LogP contribution in [0.15, 0.2) is 0 Å². The highest BCUT2D eigenvalue weighted by Gasteiger charge is 2.19. The molecule has 2 atom stereocenters. The minimum atomic E-state index is -0.888. The number of carboxylic acid groups (broad SMARTS) is 1. The van der Waals surface area contributed by atoms with E-state index in [0.29, 0.717) is 12.5 Å². The molecule has 6 heteroatoms. The van der Waals surface area contributed by atoms with Gasteiger partial charge in [-0.3, -0.25) is 9.59 Å². The van der Waals surface area contributed by atoms with Gasteiger partial charge in [0.2, 0.25) is 5.91 Å². The van der Waals surface area contributed by atoms with E-state index in [-0.39, 0.29) is 23.5 Å². The van der Waals surface area contributed by atoms with Crippen molar-refractivity contribution in [3.05, 3.63) is 0 Å².